The van der Waals surface area contributed by atoms with Gasteiger partial charge in [-0.15, -0.1) is 6.58 Å². The second-order valence-corrected chi connectivity index (χ2v) is 17.7. The van der Waals surface area contributed by atoms with Gasteiger partial charge in [-0.3, -0.25) is 4.98 Å². The van der Waals surface area contributed by atoms with Crippen molar-refractivity contribution in [1.29, 1.82) is 0 Å². The summed E-state index contributed by atoms with van der Waals surface area (Å²) in [4.78, 5) is 20.0. The Hall–Kier alpha value is -4.23. The molecule has 1 saturated heterocycles. The van der Waals surface area contributed by atoms with E-state index in [1.807, 2.05) is 0 Å². The van der Waals surface area contributed by atoms with Gasteiger partial charge in [0.25, 0.3) is 0 Å². The maximum atomic E-state index is 12.2. The average Bonchev–Trinajstić information content (AvgIpc) is 3.51. The molecule has 1 aliphatic heterocycles. The zero-order valence-electron chi connectivity index (χ0n) is 35.1. The third kappa shape index (κ3) is 9.31. The lowest BCUT2D eigenvalue weighted by Crippen LogP contribution is -2.52. The molecule has 2 fully saturated rings. The summed E-state index contributed by atoms with van der Waals surface area (Å²) in [7, 11) is 0. The predicted octanol–water partition coefficient (Wildman–Crippen LogP) is 12.3. The molecule has 2 aromatic carbocycles. The van der Waals surface area contributed by atoms with Crippen molar-refractivity contribution in [2.45, 2.75) is 136 Å². The van der Waals surface area contributed by atoms with E-state index in [0.717, 1.165) is 95.3 Å². The van der Waals surface area contributed by atoms with Crippen molar-refractivity contribution in [2.75, 3.05) is 24.5 Å². The number of rotatable bonds is 20. The van der Waals surface area contributed by atoms with Gasteiger partial charge in [0.1, 0.15) is 5.54 Å². The minimum atomic E-state index is -0.389. The summed E-state index contributed by atoms with van der Waals surface area (Å²) in [5.74, 6) is 0.573. The maximum absolute atomic E-state index is 12.2. The van der Waals surface area contributed by atoms with Crippen LogP contribution in [0.2, 0.25) is 0 Å². The fraction of sp³-hybridized carbons (Fsp3) is 0.531. The number of hydrogen-bond acceptors (Lipinski definition) is 6. The molecule has 7 heteroatoms. The van der Waals surface area contributed by atoms with Crippen LogP contribution in [0.5, 0.6) is 0 Å². The van der Waals surface area contributed by atoms with Gasteiger partial charge in [0.15, 0.2) is 0 Å². The number of benzene rings is 2. The summed E-state index contributed by atoms with van der Waals surface area (Å²) in [5.41, 5.74) is 17.4. The molecule has 2 aliphatic rings. The summed E-state index contributed by atoms with van der Waals surface area (Å²) in [6.45, 7) is 23.0. The van der Waals surface area contributed by atoms with E-state index in [0.29, 0.717) is 5.92 Å². The first-order chi connectivity index (χ1) is 27.1. The number of pyridine rings is 1. The molecule has 2 unspecified atom stereocenters. The first-order valence-electron chi connectivity index (χ1n) is 21.7. The summed E-state index contributed by atoms with van der Waals surface area (Å²) >= 11 is 0. The van der Waals surface area contributed by atoms with Crippen LogP contribution in [0, 0.1) is 16.2 Å². The number of nitroso groups, excluding NO2 is 1. The van der Waals surface area contributed by atoms with E-state index >= 15 is 0 Å². The van der Waals surface area contributed by atoms with Crippen LogP contribution in [0.4, 0.5) is 5.69 Å². The molecule has 0 radical (unpaired) electrons. The van der Waals surface area contributed by atoms with Crippen molar-refractivity contribution in [3.05, 3.63) is 102 Å². The molecule has 3 heterocycles. The Morgan fingerprint density at radius 2 is 1.86 bits per heavy atom. The number of unbranched alkanes of at least 4 members (excludes halogenated alkanes) is 3. The molecule has 56 heavy (non-hydrogen) atoms. The number of aromatic nitrogens is 2. The van der Waals surface area contributed by atoms with Crippen LogP contribution in [-0.2, 0) is 19.4 Å². The maximum Gasteiger partial charge on any atom is 0.109 e. The van der Waals surface area contributed by atoms with Crippen molar-refractivity contribution in [3.63, 3.8) is 0 Å². The highest BCUT2D eigenvalue weighted by molar-refractivity contribution is 5.95. The van der Waals surface area contributed by atoms with Crippen LogP contribution < -0.4 is 15.8 Å². The summed E-state index contributed by atoms with van der Waals surface area (Å²) in [5, 5.41) is 5.15. The molecule has 2 atom stereocenters. The van der Waals surface area contributed by atoms with E-state index < -0.39 is 0 Å². The SMILES string of the molecule is C=CCCC(C)(C)Cc1c(-c2cc(N3CCC4(N=O)CCCCC4C3)cnc2C(C)C)n(CC)c2ccc(-c3cccc(CCCCCCNNC=C)c3)cc12. The lowest BCUT2D eigenvalue weighted by Gasteiger charge is -2.47. The van der Waals surface area contributed by atoms with E-state index in [1.165, 1.54) is 70.1 Å². The van der Waals surface area contributed by atoms with Crippen LogP contribution in [0.3, 0.4) is 0 Å². The lowest BCUT2D eigenvalue weighted by molar-refractivity contribution is 0.159. The Kier molecular flexibility index (Phi) is 13.9. The fourth-order valence-electron chi connectivity index (χ4n) is 9.68. The van der Waals surface area contributed by atoms with Crippen molar-refractivity contribution in [1.82, 2.24) is 20.4 Å². The van der Waals surface area contributed by atoms with Gasteiger partial charge in [-0.1, -0.05) is 102 Å². The third-order valence-electron chi connectivity index (χ3n) is 12.8. The molecule has 1 saturated carbocycles. The van der Waals surface area contributed by atoms with Crippen LogP contribution in [0.1, 0.15) is 128 Å². The number of nitrogens with zero attached hydrogens (tertiary/aromatic N) is 4. The number of allylic oxidation sites excluding steroid dienone is 1. The minimum Gasteiger partial charge on any atom is -0.370 e. The highest BCUT2D eigenvalue weighted by atomic mass is 16.3. The van der Waals surface area contributed by atoms with Crippen molar-refractivity contribution in [2.24, 2.45) is 16.5 Å². The number of aryl methyl sites for hydroxylation is 2. The number of nitrogens with one attached hydrogen (secondary N) is 2. The van der Waals surface area contributed by atoms with Crippen LogP contribution in [0.25, 0.3) is 33.3 Å². The van der Waals surface area contributed by atoms with E-state index in [9.17, 15) is 4.91 Å². The second-order valence-electron chi connectivity index (χ2n) is 17.7. The molecule has 7 nitrogen and oxygen atoms in total. The molecule has 0 spiro atoms. The Morgan fingerprint density at radius 3 is 2.62 bits per heavy atom. The normalized spacial score (nSPS) is 18.6. The van der Waals surface area contributed by atoms with Gasteiger partial charge in [0.05, 0.1) is 23.3 Å². The number of anilines is 1. The molecular weight excluding hydrogens is 689 g/mol. The number of piperidine rings is 1. The molecular formula is C49H68N6O. The monoisotopic (exact) mass is 757 g/mol. The molecule has 0 amide bonds. The first kappa shape index (κ1) is 41.4. The number of fused-ring (bicyclic) bond motifs is 2. The Morgan fingerprint density at radius 1 is 1.04 bits per heavy atom. The average molecular weight is 757 g/mol. The predicted molar refractivity (Wildman–Crippen MR) is 238 cm³/mol. The summed E-state index contributed by atoms with van der Waals surface area (Å²) < 4.78 is 2.56. The zero-order valence-corrected chi connectivity index (χ0v) is 35.1. The van der Waals surface area contributed by atoms with Crippen LogP contribution >= 0.6 is 0 Å². The second kappa shape index (κ2) is 18.8. The molecule has 2 N–H and O–H groups in total. The topological polar surface area (TPSA) is 74.5 Å². The van der Waals surface area contributed by atoms with E-state index in [-0.39, 0.29) is 16.9 Å². The van der Waals surface area contributed by atoms with Gasteiger partial charge in [0.2, 0.25) is 0 Å². The van der Waals surface area contributed by atoms with Gasteiger partial charge in [0, 0.05) is 54.8 Å². The van der Waals surface area contributed by atoms with Crippen molar-refractivity contribution >= 4 is 16.6 Å². The Labute approximate surface area is 337 Å². The molecule has 2 aromatic heterocycles. The van der Waals surface area contributed by atoms with E-state index in [2.05, 4.69) is 134 Å². The number of hydrogen-bond donors (Lipinski definition) is 2. The van der Waals surface area contributed by atoms with E-state index in [1.54, 1.807) is 6.20 Å². The quantitative estimate of drug-likeness (QED) is 0.0406. The standard InChI is InChI=1S/C49H68N6O/c1-8-11-25-48(6,7)33-44-42-31-39(38-21-18-20-37(30-38)19-14-12-13-17-28-52-51-9-2)23-24-45(42)55(10-3)47(44)43-32-41(34-50-46(43)36(4)5)54-29-27-49(53-56)26-16-15-22-40(49)35-54/h8-9,18,20-21,23-24,30-32,34,36,40,51-52H,1-2,10-17,19,22,25-29,33,35H2,3-7H3. The summed E-state index contributed by atoms with van der Waals surface area (Å²) in [6, 6.07) is 18.8. The lowest BCUT2D eigenvalue weighted by atomic mass is 9.69. The van der Waals surface area contributed by atoms with Gasteiger partial charge >= 0.3 is 0 Å². The largest absolute Gasteiger partial charge is 0.370 e. The third-order valence-corrected chi connectivity index (χ3v) is 12.8. The van der Waals surface area contributed by atoms with Crippen molar-refractivity contribution in [3.8, 4) is 22.4 Å². The van der Waals surface area contributed by atoms with Gasteiger partial charge in [-0.25, -0.2) is 5.43 Å². The smallest absolute Gasteiger partial charge is 0.109 e. The highest BCUT2D eigenvalue weighted by Crippen LogP contribution is 2.46. The fourth-order valence-corrected chi connectivity index (χ4v) is 9.68. The number of hydrazine groups is 1. The van der Waals surface area contributed by atoms with Gasteiger partial charge < -0.3 is 14.9 Å². The van der Waals surface area contributed by atoms with Crippen molar-refractivity contribution < 1.29 is 0 Å². The summed E-state index contributed by atoms with van der Waals surface area (Å²) in [6.07, 6.45) is 19.9. The first-order valence-corrected chi connectivity index (χ1v) is 21.7. The van der Waals surface area contributed by atoms with Gasteiger partial charge in [-0.2, -0.15) is 4.91 Å². The van der Waals surface area contributed by atoms with Crippen LogP contribution in [0.15, 0.2) is 85.3 Å². The molecule has 0 bridgehead atoms. The highest BCUT2D eigenvalue weighted by Gasteiger charge is 2.46. The van der Waals surface area contributed by atoms with Gasteiger partial charge in [-0.05, 0) is 116 Å². The molecule has 4 aromatic rings. The minimum absolute atomic E-state index is 0.0754. The zero-order chi connectivity index (χ0) is 39.7. The molecule has 6 rings (SSSR count). The van der Waals surface area contributed by atoms with Crippen LogP contribution in [-0.4, -0.2) is 34.7 Å². The van der Waals surface area contributed by atoms with E-state index in [4.69, 9.17) is 4.98 Å². The Bertz CT molecular complexity index is 1960. The molecule has 1 aliphatic carbocycles. The Balaban J connectivity index is 1.39. The molecule has 300 valence electrons.